The van der Waals surface area contributed by atoms with Gasteiger partial charge in [-0.05, 0) is 35.0 Å². The van der Waals surface area contributed by atoms with E-state index in [1.165, 1.54) is 4.57 Å². The predicted octanol–water partition coefficient (Wildman–Crippen LogP) is 1.66. The molecule has 3 aromatic rings. The van der Waals surface area contributed by atoms with E-state index in [0.717, 1.165) is 0 Å². The third kappa shape index (κ3) is 2.27. The summed E-state index contributed by atoms with van der Waals surface area (Å²) in [6.45, 7) is 2.03. The molecule has 3 rings (SSSR count). The Morgan fingerprint density at radius 2 is 2.00 bits per heavy atom. The average molecular weight is 359 g/mol. The van der Waals surface area contributed by atoms with Crippen LogP contribution in [0.5, 0.6) is 0 Å². The van der Waals surface area contributed by atoms with Crippen LogP contribution in [0.15, 0.2) is 44.7 Å². The lowest BCUT2D eigenvalue weighted by Gasteiger charge is -2.06. The second-order valence-electron chi connectivity index (χ2n) is 4.50. The van der Waals surface area contributed by atoms with Gasteiger partial charge in [0.15, 0.2) is 15.9 Å². The third-order valence-corrected chi connectivity index (χ3v) is 3.79. The van der Waals surface area contributed by atoms with Crippen molar-refractivity contribution in [3.05, 3.63) is 55.9 Å². The van der Waals surface area contributed by atoms with Gasteiger partial charge in [0.1, 0.15) is 0 Å². The summed E-state index contributed by atoms with van der Waals surface area (Å²) in [6, 6.07) is 9.03. The largest absolute Gasteiger partial charge is 0.334 e. The second-order valence-corrected chi connectivity index (χ2v) is 5.21. The van der Waals surface area contributed by atoms with Crippen molar-refractivity contribution in [3.63, 3.8) is 0 Å². The lowest BCUT2D eigenvalue weighted by Crippen LogP contribution is -2.30. The molecular formula is C15H11BrN4O2. The van der Waals surface area contributed by atoms with Crippen LogP contribution in [0.1, 0.15) is 6.92 Å². The van der Waals surface area contributed by atoms with Crippen LogP contribution in [-0.4, -0.2) is 19.1 Å². The van der Waals surface area contributed by atoms with E-state index >= 15 is 0 Å². The molecule has 0 saturated heterocycles. The highest BCUT2D eigenvalue weighted by Crippen LogP contribution is 2.18. The number of fused-ring (bicyclic) bond motifs is 1. The Morgan fingerprint density at radius 1 is 1.27 bits per heavy atom. The normalized spacial score (nSPS) is 10.5. The highest BCUT2D eigenvalue weighted by Gasteiger charge is 2.17. The molecule has 0 fully saturated rings. The molecule has 0 radical (unpaired) electrons. The summed E-state index contributed by atoms with van der Waals surface area (Å²) < 4.78 is 3.45. The topological polar surface area (TPSA) is 72.7 Å². The summed E-state index contributed by atoms with van der Waals surface area (Å²) in [6.07, 6.45) is 0. The molecule has 2 heterocycles. The van der Waals surface area contributed by atoms with Crippen molar-refractivity contribution in [3.8, 4) is 17.5 Å². The molecule has 0 saturated carbocycles. The Bertz CT molecular complexity index is 1020. The maximum Gasteiger partial charge on any atom is 0.334 e. The number of nitrogens with zero attached hydrogens (tertiary/aromatic N) is 3. The first-order valence-electron chi connectivity index (χ1n) is 6.49. The highest BCUT2D eigenvalue weighted by molar-refractivity contribution is 9.10. The van der Waals surface area contributed by atoms with Crippen molar-refractivity contribution in [2.75, 3.05) is 0 Å². The summed E-state index contributed by atoms with van der Waals surface area (Å²) >= 11 is 3.32. The molecule has 2 aromatic heterocycles. The Morgan fingerprint density at radius 3 is 2.68 bits per heavy atom. The molecule has 0 bridgehead atoms. The van der Waals surface area contributed by atoms with Gasteiger partial charge >= 0.3 is 5.69 Å². The Balaban J connectivity index is 2.42. The minimum atomic E-state index is -0.526. The van der Waals surface area contributed by atoms with E-state index in [-0.39, 0.29) is 0 Å². The zero-order valence-electron chi connectivity index (χ0n) is 11.6. The quantitative estimate of drug-likeness (QED) is 0.559. The van der Waals surface area contributed by atoms with Crippen LogP contribution in [0.4, 0.5) is 0 Å². The molecule has 6 nitrogen and oxygen atoms in total. The molecule has 1 aromatic carbocycles. The number of H-pyrrole nitrogens is 1. The van der Waals surface area contributed by atoms with Gasteiger partial charge in [-0.15, -0.1) is 5.92 Å². The van der Waals surface area contributed by atoms with Crippen LogP contribution < -0.4 is 11.2 Å². The van der Waals surface area contributed by atoms with Crippen LogP contribution in [0.2, 0.25) is 0 Å². The number of hydrogen-bond donors (Lipinski definition) is 1. The van der Waals surface area contributed by atoms with Gasteiger partial charge in [-0.1, -0.05) is 24.1 Å². The van der Waals surface area contributed by atoms with E-state index in [0.29, 0.717) is 28.1 Å². The van der Waals surface area contributed by atoms with E-state index in [4.69, 9.17) is 0 Å². The molecule has 0 aliphatic carbocycles. The molecule has 0 amide bonds. The van der Waals surface area contributed by atoms with Crippen LogP contribution in [0, 0.1) is 11.8 Å². The molecule has 0 unspecified atom stereocenters. The van der Waals surface area contributed by atoms with Gasteiger partial charge in [-0.2, -0.15) is 0 Å². The van der Waals surface area contributed by atoms with E-state index in [1.54, 1.807) is 23.6 Å². The minimum absolute atomic E-state index is 0.296. The summed E-state index contributed by atoms with van der Waals surface area (Å²) in [5.74, 6) is 5.66. The van der Waals surface area contributed by atoms with Gasteiger partial charge < -0.3 is 4.57 Å². The van der Waals surface area contributed by atoms with Crippen LogP contribution in [0.3, 0.4) is 0 Å². The molecule has 0 atom stereocenters. The fourth-order valence-corrected chi connectivity index (χ4v) is 2.69. The smallest absolute Gasteiger partial charge is 0.301 e. The zero-order chi connectivity index (χ0) is 15.7. The SMILES string of the molecule is CC#CCn1c(Br)nc2c1c(=O)[nH]c(=O)n2-c1ccccc1. The van der Waals surface area contributed by atoms with Crippen molar-refractivity contribution in [2.24, 2.45) is 0 Å². The molecule has 22 heavy (non-hydrogen) atoms. The number of hydrogen-bond acceptors (Lipinski definition) is 3. The van der Waals surface area contributed by atoms with Gasteiger partial charge in [0.2, 0.25) is 0 Å². The van der Waals surface area contributed by atoms with Gasteiger partial charge in [0.25, 0.3) is 5.56 Å². The first-order valence-corrected chi connectivity index (χ1v) is 7.29. The lowest BCUT2D eigenvalue weighted by molar-refractivity contribution is 0.834. The Hall–Kier alpha value is -2.59. The average Bonchev–Trinajstić information content (AvgIpc) is 2.83. The first-order chi connectivity index (χ1) is 10.6. The summed E-state index contributed by atoms with van der Waals surface area (Å²) in [5, 5.41) is 0. The van der Waals surface area contributed by atoms with Crippen LogP contribution >= 0.6 is 15.9 Å². The second kappa shape index (κ2) is 5.66. The summed E-state index contributed by atoms with van der Waals surface area (Å²) in [5.41, 5.74) is 0.223. The number of aromatic nitrogens is 4. The molecule has 1 N–H and O–H groups in total. The van der Waals surface area contributed by atoms with Gasteiger partial charge in [-0.3, -0.25) is 9.78 Å². The van der Waals surface area contributed by atoms with Crippen molar-refractivity contribution in [1.82, 2.24) is 19.1 Å². The van der Waals surface area contributed by atoms with E-state index < -0.39 is 11.2 Å². The Kier molecular flexibility index (Phi) is 3.69. The number of nitrogens with one attached hydrogen (secondary N) is 1. The van der Waals surface area contributed by atoms with Crippen molar-refractivity contribution < 1.29 is 0 Å². The number of para-hydroxylation sites is 1. The van der Waals surface area contributed by atoms with E-state index in [1.807, 2.05) is 18.2 Å². The Labute approximate surface area is 133 Å². The minimum Gasteiger partial charge on any atom is -0.301 e. The monoisotopic (exact) mass is 358 g/mol. The molecule has 0 aliphatic heterocycles. The first kappa shape index (κ1) is 14.4. The maximum atomic E-state index is 12.2. The van der Waals surface area contributed by atoms with Crippen LogP contribution in [0.25, 0.3) is 16.9 Å². The summed E-state index contributed by atoms with van der Waals surface area (Å²) in [7, 11) is 0. The number of imidazole rings is 1. The lowest BCUT2D eigenvalue weighted by atomic mass is 10.3. The molecular weight excluding hydrogens is 348 g/mol. The highest BCUT2D eigenvalue weighted by atomic mass is 79.9. The molecule has 7 heteroatoms. The predicted molar refractivity (Wildman–Crippen MR) is 87.1 cm³/mol. The van der Waals surface area contributed by atoms with Crippen molar-refractivity contribution >= 4 is 27.1 Å². The van der Waals surface area contributed by atoms with Crippen LogP contribution in [-0.2, 0) is 6.54 Å². The number of halogens is 1. The third-order valence-electron chi connectivity index (χ3n) is 3.18. The fraction of sp³-hybridized carbons (Fsp3) is 0.133. The number of rotatable bonds is 2. The van der Waals surface area contributed by atoms with Crippen molar-refractivity contribution in [2.45, 2.75) is 13.5 Å². The maximum absolute atomic E-state index is 12.2. The molecule has 0 aliphatic rings. The van der Waals surface area contributed by atoms with Gasteiger partial charge in [0.05, 0.1) is 12.2 Å². The van der Waals surface area contributed by atoms with Gasteiger partial charge in [0, 0.05) is 0 Å². The van der Waals surface area contributed by atoms with Crippen molar-refractivity contribution in [1.29, 1.82) is 0 Å². The summed E-state index contributed by atoms with van der Waals surface area (Å²) in [4.78, 5) is 31.0. The standard InChI is InChI=1S/C15H11BrN4O2/c1-2-3-9-19-11-12(17-14(19)16)20(15(22)18-13(11)21)10-7-5-4-6-8-10/h4-8H,9H2,1H3,(H,18,21,22). The number of benzene rings is 1. The zero-order valence-corrected chi connectivity index (χ0v) is 13.2. The molecule has 110 valence electrons. The fourth-order valence-electron chi connectivity index (χ4n) is 2.22. The van der Waals surface area contributed by atoms with E-state index in [2.05, 4.69) is 37.7 Å². The number of aromatic amines is 1. The molecule has 0 spiro atoms. The van der Waals surface area contributed by atoms with Gasteiger partial charge in [-0.25, -0.2) is 14.3 Å². The van der Waals surface area contributed by atoms with E-state index in [9.17, 15) is 9.59 Å².